The smallest absolute Gasteiger partial charge is 0.226 e. The minimum absolute atomic E-state index is 0.0983. The van der Waals surface area contributed by atoms with E-state index >= 15 is 0 Å². The van der Waals surface area contributed by atoms with Crippen LogP contribution in [0.5, 0.6) is 0 Å². The van der Waals surface area contributed by atoms with E-state index in [9.17, 15) is 4.79 Å². The average molecular weight is 282 g/mol. The van der Waals surface area contributed by atoms with Crippen molar-refractivity contribution in [3.8, 4) is 0 Å². The minimum atomic E-state index is 0.0983. The SMILES string of the molecule is COCc1nc(CC(=O)NC2CCCCCC2)cs1. The van der Waals surface area contributed by atoms with Crippen molar-refractivity contribution in [3.63, 3.8) is 0 Å². The fourth-order valence-corrected chi connectivity index (χ4v) is 3.25. The molecule has 0 saturated heterocycles. The molecular weight excluding hydrogens is 260 g/mol. The van der Waals surface area contributed by atoms with Crippen LogP contribution in [0.1, 0.15) is 49.2 Å². The van der Waals surface area contributed by atoms with Gasteiger partial charge in [0.2, 0.25) is 5.91 Å². The van der Waals surface area contributed by atoms with Gasteiger partial charge in [-0.15, -0.1) is 11.3 Å². The molecule has 2 rings (SSSR count). The summed E-state index contributed by atoms with van der Waals surface area (Å²) < 4.78 is 5.03. The standard InChI is InChI=1S/C14H22N2O2S/c1-18-9-14-16-12(10-19-14)8-13(17)15-11-6-4-2-3-5-7-11/h10-11H,2-9H2,1H3,(H,15,17). The molecule has 0 spiro atoms. The Morgan fingerprint density at radius 2 is 2.16 bits per heavy atom. The molecule has 1 aliphatic rings. The minimum Gasteiger partial charge on any atom is -0.378 e. The summed E-state index contributed by atoms with van der Waals surface area (Å²) in [6.07, 6.45) is 7.71. The molecule has 106 valence electrons. The predicted molar refractivity (Wildman–Crippen MR) is 76.2 cm³/mol. The van der Waals surface area contributed by atoms with Crippen molar-refractivity contribution >= 4 is 17.2 Å². The van der Waals surface area contributed by atoms with E-state index in [0.717, 1.165) is 23.5 Å². The summed E-state index contributed by atoms with van der Waals surface area (Å²) in [7, 11) is 1.65. The van der Waals surface area contributed by atoms with Gasteiger partial charge in [0.25, 0.3) is 0 Å². The number of hydrogen-bond donors (Lipinski definition) is 1. The molecule has 19 heavy (non-hydrogen) atoms. The van der Waals surface area contributed by atoms with Gasteiger partial charge < -0.3 is 10.1 Å². The van der Waals surface area contributed by atoms with Crippen LogP contribution in [0.15, 0.2) is 5.38 Å². The number of hydrogen-bond acceptors (Lipinski definition) is 4. The maximum Gasteiger partial charge on any atom is 0.226 e. The lowest BCUT2D eigenvalue weighted by Crippen LogP contribution is -2.35. The second kappa shape index (κ2) is 7.60. The molecular formula is C14H22N2O2S. The summed E-state index contributed by atoms with van der Waals surface area (Å²) in [6, 6.07) is 0.368. The topological polar surface area (TPSA) is 51.2 Å². The maximum absolute atomic E-state index is 12.0. The number of thiazole rings is 1. The van der Waals surface area contributed by atoms with E-state index in [-0.39, 0.29) is 5.91 Å². The lowest BCUT2D eigenvalue weighted by molar-refractivity contribution is -0.121. The number of carbonyl (C=O) groups is 1. The average Bonchev–Trinajstić information content (AvgIpc) is 2.65. The van der Waals surface area contributed by atoms with Gasteiger partial charge in [0.1, 0.15) is 5.01 Å². The van der Waals surface area contributed by atoms with Crippen LogP contribution >= 0.6 is 11.3 Å². The molecule has 1 heterocycles. The van der Waals surface area contributed by atoms with E-state index in [1.54, 1.807) is 18.4 Å². The first-order chi connectivity index (χ1) is 9.28. The molecule has 0 atom stereocenters. The molecule has 0 radical (unpaired) electrons. The molecule has 1 fully saturated rings. The highest BCUT2D eigenvalue weighted by Gasteiger charge is 2.15. The first-order valence-electron chi connectivity index (χ1n) is 6.99. The quantitative estimate of drug-likeness (QED) is 0.845. The van der Waals surface area contributed by atoms with E-state index in [1.807, 2.05) is 5.38 Å². The van der Waals surface area contributed by atoms with Crippen molar-refractivity contribution in [2.24, 2.45) is 0 Å². The Hall–Kier alpha value is -0.940. The molecule has 5 heteroatoms. The Bertz CT molecular complexity index is 398. The summed E-state index contributed by atoms with van der Waals surface area (Å²) in [5, 5.41) is 6.02. The maximum atomic E-state index is 12.0. The van der Waals surface area contributed by atoms with Crippen molar-refractivity contribution in [1.29, 1.82) is 0 Å². The van der Waals surface area contributed by atoms with Gasteiger partial charge in [0.15, 0.2) is 0 Å². The normalized spacial score (nSPS) is 17.1. The molecule has 1 saturated carbocycles. The highest BCUT2D eigenvalue weighted by molar-refractivity contribution is 7.09. The van der Waals surface area contributed by atoms with Gasteiger partial charge in [0, 0.05) is 18.5 Å². The van der Waals surface area contributed by atoms with Crippen LogP contribution < -0.4 is 5.32 Å². The van der Waals surface area contributed by atoms with Gasteiger partial charge in [-0.2, -0.15) is 0 Å². The van der Waals surface area contributed by atoms with Gasteiger partial charge in [0.05, 0.1) is 18.7 Å². The summed E-state index contributed by atoms with van der Waals surface area (Å²) in [4.78, 5) is 16.4. The molecule has 0 unspecified atom stereocenters. The predicted octanol–water partition coefficient (Wildman–Crippen LogP) is 2.67. The first-order valence-corrected chi connectivity index (χ1v) is 7.87. The molecule has 0 aromatic carbocycles. The third-order valence-corrected chi connectivity index (χ3v) is 4.30. The molecule has 1 aromatic rings. The van der Waals surface area contributed by atoms with Crippen LogP contribution in [-0.2, 0) is 22.6 Å². The van der Waals surface area contributed by atoms with Gasteiger partial charge in [-0.1, -0.05) is 25.7 Å². The van der Waals surface area contributed by atoms with E-state index in [2.05, 4.69) is 10.3 Å². The highest BCUT2D eigenvalue weighted by atomic mass is 32.1. The molecule has 1 amide bonds. The van der Waals surface area contributed by atoms with Gasteiger partial charge in [-0.05, 0) is 12.8 Å². The third-order valence-electron chi connectivity index (χ3n) is 3.43. The third kappa shape index (κ3) is 4.91. The number of aromatic nitrogens is 1. The zero-order valence-corrected chi connectivity index (χ0v) is 12.3. The molecule has 1 aromatic heterocycles. The Balaban J connectivity index is 1.79. The van der Waals surface area contributed by atoms with Gasteiger partial charge >= 0.3 is 0 Å². The van der Waals surface area contributed by atoms with E-state index in [1.165, 1.54) is 25.7 Å². The van der Waals surface area contributed by atoms with E-state index in [4.69, 9.17) is 4.74 Å². The summed E-state index contributed by atoms with van der Waals surface area (Å²) >= 11 is 1.55. The summed E-state index contributed by atoms with van der Waals surface area (Å²) in [6.45, 7) is 0.523. The largest absolute Gasteiger partial charge is 0.378 e. The second-order valence-corrected chi connectivity index (χ2v) is 6.04. The second-order valence-electron chi connectivity index (χ2n) is 5.10. The molecule has 0 bridgehead atoms. The van der Waals surface area contributed by atoms with Crippen LogP contribution in [0, 0.1) is 0 Å². The van der Waals surface area contributed by atoms with Crippen molar-refractivity contribution in [2.45, 2.75) is 57.6 Å². The Morgan fingerprint density at radius 1 is 1.42 bits per heavy atom. The Labute approximate surface area is 118 Å². The molecule has 0 aliphatic heterocycles. The van der Waals surface area contributed by atoms with E-state index < -0.39 is 0 Å². The van der Waals surface area contributed by atoms with Gasteiger partial charge in [-0.3, -0.25) is 4.79 Å². The van der Waals surface area contributed by atoms with E-state index in [0.29, 0.717) is 19.1 Å². The monoisotopic (exact) mass is 282 g/mol. The van der Waals surface area contributed by atoms with Crippen molar-refractivity contribution in [2.75, 3.05) is 7.11 Å². The number of nitrogens with zero attached hydrogens (tertiary/aromatic N) is 1. The zero-order chi connectivity index (χ0) is 13.5. The van der Waals surface area contributed by atoms with Crippen molar-refractivity contribution in [1.82, 2.24) is 10.3 Å². The van der Waals surface area contributed by atoms with Gasteiger partial charge in [-0.25, -0.2) is 4.98 Å². The molecule has 4 nitrogen and oxygen atoms in total. The fraction of sp³-hybridized carbons (Fsp3) is 0.714. The van der Waals surface area contributed by atoms with Crippen molar-refractivity contribution in [3.05, 3.63) is 16.1 Å². The number of carbonyl (C=O) groups excluding carboxylic acids is 1. The Kier molecular flexibility index (Phi) is 5.79. The van der Waals surface area contributed by atoms with Crippen molar-refractivity contribution < 1.29 is 9.53 Å². The summed E-state index contributed by atoms with van der Waals surface area (Å²) in [5.41, 5.74) is 0.850. The number of ether oxygens (including phenoxy) is 1. The van der Waals surface area contributed by atoms with Crippen LogP contribution in [-0.4, -0.2) is 24.0 Å². The lowest BCUT2D eigenvalue weighted by Gasteiger charge is -2.15. The lowest BCUT2D eigenvalue weighted by atomic mass is 10.1. The first kappa shape index (κ1) is 14.5. The number of methoxy groups -OCH3 is 1. The molecule has 1 aliphatic carbocycles. The number of rotatable bonds is 5. The molecule has 1 N–H and O–H groups in total. The van der Waals surface area contributed by atoms with Crippen LogP contribution in [0.2, 0.25) is 0 Å². The fourth-order valence-electron chi connectivity index (χ4n) is 2.49. The summed E-state index contributed by atoms with van der Waals surface area (Å²) in [5.74, 6) is 0.0983. The van der Waals surface area contributed by atoms with Crippen LogP contribution in [0.25, 0.3) is 0 Å². The zero-order valence-electron chi connectivity index (χ0n) is 11.5. The Morgan fingerprint density at radius 3 is 2.84 bits per heavy atom. The highest BCUT2D eigenvalue weighted by Crippen LogP contribution is 2.17. The number of nitrogens with one attached hydrogen (secondary N) is 1. The number of amides is 1. The van der Waals surface area contributed by atoms with Crippen LogP contribution in [0.4, 0.5) is 0 Å². The van der Waals surface area contributed by atoms with Crippen LogP contribution in [0.3, 0.4) is 0 Å².